The van der Waals surface area contributed by atoms with Crippen molar-refractivity contribution in [2.24, 2.45) is 16.8 Å². The standard InChI is InChI=1S/C18H35N3O3/c1-6-23-16(14(3)4)10-11-20-18(19-5)21-12-8-9-15(13-21)17(22)24-7-2/h14-16H,6-13H2,1-5H3,(H,19,20). The average Bonchev–Trinajstić information content (AvgIpc) is 2.58. The number of rotatable bonds is 8. The van der Waals surface area contributed by atoms with E-state index in [9.17, 15) is 4.79 Å². The van der Waals surface area contributed by atoms with Gasteiger partial charge in [0.05, 0.1) is 18.6 Å². The number of nitrogens with one attached hydrogen (secondary N) is 1. The van der Waals surface area contributed by atoms with Crippen molar-refractivity contribution in [3.05, 3.63) is 0 Å². The molecule has 0 aromatic rings. The van der Waals surface area contributed by atoms with Gasteiger partial charge in [0.1, 0.15) is 0 Å². The second-order valence-electron chi connectivity index (χ2n) is 6.54. The van der Waals surface area contributed by atoms with Gasteiger partial charge >= 0.3 is 5.97 Å². The molecule has 1 saturated heterocycles. The Morgan fingerprint density at radius 1 is 1.33 bits per heavy atom. The van der Waals surface area contributed by atoms with Crippen LogP contribution in [0.5, 0.6) is 0 Å². The zero-order valence-corrected chi connectivity index (χ0v) is 16.0. The SMILES string of the molecule is CCOC(=O)C1CCCN(C(=NC)NCCC(OCC)C(C)C)C1. The minimum Gasteiger partial charge on any atom is -0.466 e. The third-order valence-corrected chi connectivity index (χ3v) is 4.39. The molecule has 0 radical (unpaired) electrons. The van der Waals surface area contributed by atoms with Crippen LogP contribution in [0.3, 0.4) is 0 Å². The molecule has 0 saturated carbocycles. The van der Waals surface area contributed by atoms with Gasteiger partial charge in [0.2, 0.25) is 0 Å². The van der Waals surface area contributed by atoms with Crippen LogP contribution in [0.2, 0.25) is 0 Å². The fourth-order valence-electron chi connectivity index (χ4n) is 3.10. The average molecular weight is 341 g/mol. The number of aliphatic imine (C=N–C) groups is 1. The second-order valence-corrected chi connectivity index (χ2v) is 6.54. The molecule has 1 fully saturated rings. The zero-order valence-electron chi connectivity index (χ0n) is 16.0. The molecule has 0 spiro atoms. The van der Waals surface area contributed by atoms with Crippen molar-refractivity contribution in [3.63, 3.8) is 0 Å². The molecule has 1 aliphatic heterocycles. The fourth-order valence-corrected chi connectivity index (χ4v) is 3.10. The summed E-state index contributed by atoms with van der Waals surface area (Å²) < 4.78 is 11.0. The van der Waals surface area contributed by atoms with E-state index in [1.54, 1.807) is 7.05 Å². The van der Waals surface area contributed by atoms with Gasteiger partial charge in [-0.1, -0.05) is 13.8 Å². The monoisotopic (exact) mass is 341 g/mol. The van der Waals surface area contributed by atoms with Gasteiger partial charge in [-0.15, -0.1) is 0 Å². The predicted molar refractivity (Wildman–Crippen MR) is 97.2 cm³/mol. The summed E-state index contributed by atoms with van der Waals surface area (Å²) in [6.07, 6.45) is 3.08. The molecule has 6 nitrogen and oxygen atoms in total. The molecule has 0 aromatic heterocycles. The molecule has 0 aromatic carbocycles. The lowest BCUT2D eigenvalue weighted by Gasteiger charge is -2.34. The number of hydrogen-bond donors (Lipinski definition) is 1. The van der Waals surface area contributed by atoms with Crippen LogP contribution in [0.15, 0.2) is 4.99 Å². The van der Waals surface area contributed by atoms with E-state index < -0.39 is 0 Å². The summed E-state index contributed by atoms with van der Waals surface area (Å²) in [5.74, 6) is 1.22. The van der Waals surface area contributed by atoms with Crippen LogP contribution in [0.25, 0.3) is 0 Å². The van der Waals surface area contributed by atoms with Crippen LogP contribution >= 0.6 is 0 Å². The van der Waals surface area contributed by atoms with Gasteiger partial charge in [-0.25, -0.2) is 0 Å². The first kappa shape index (κ1) is 20.7. The highest BCUT2D eigenvalue weighted by Gasteiger charge is 2.28. The number of piperidine rings is 1. The molecule has 1 rings (SSSR count). The van der Waals surface area contributed by atoms with Gasteiger partial charge in [-0.2, -0.15) is 0 Å². The number of hydrogen-bond acceptors (Lipinski definition) is 4. The molecule has 6 heteroatoms. The van der Waals surface area contributed by atoms with Crippen LogP contribution in [-0.2, 0) is 14.3 Å². The molecule has 1 aliphatic rings. The topological polar surface area (TPSA) is 63.2 Å². The predicted octanol–water partition coefficient (Wildman–Crippen LogP) is 2.29. The Kier molecular flexibility index (Phi) is 9.76. The maximum absolute atomic E-state index is 12.0. The number of carbonyl (C=O) groups excluding carboxylic acids is 1. The Hall–Kier alpha value is -1.30. The number of esters is 1. The summed E-state index contributed by atoms with van der Waals surface area (Å²) >= 11 is 0. The Balaban J connectivity index is 2.49. The van der Waals surface area contributed by atoms with Crippen molar-refractivity contribution in [1.29, 1.82) is 0 Å². The van der Waals surface area contributed by atoms with Crippen molar-refractivity contribution >= 4 is 11.9 Å². The van der Waals surface area contributed by atoms with Crippen molar-refractivity contribution in [2.45, 2.75) is 53.1 Å². The van der Waals surface area contributed by atoms with E-state index in [2.05, 4.69) is 29.1 Å². The Bertz CT molecular complexity index is 399. The minimum atomic E-state index is -0.0890. The molecular formula is C18H35N3O3. The highest BCUT2D eigenvalue weighted by Crippen LogP contribution is 2.18. The summed E-state index contributed by atoms with van der Waals surface area (Å²) in [6, 6.07) is 0. The first-order valence-corrected chi connectivity index (χ1v) is 9.27. The lowest BCUT2D eigenvalue weighted by atomic mass is 9.98. The highest BCUT2D eigenvalue weighted by molar-refractivity contribution is 5.81. The third kappa shape index (κ3) is 6.67. The van der Waals surface area contributed by atoms with Crippen molar-refractivity contribution < 1.29 is 14.3 Å². The van der Waals surface area contributed by atoms with Crippen LogP contribution in [-0.4, -0.2) is 62.8 Å². The van der Waals surface area contributed by atoms with Gasteiger partial charge in [0.25, 0.3) is 0 Å². The van der Waals surface area contributed by atoms with E-state index in [1.165, 1.54) is 0 Å². The number of likely N-dealkylation sites (tertiary alicyclic amines) is 1. The molecule has 2 unspecified atom stereocenters. The van der Waals surface area contributed by atoms with Gasteiger partial charge in [0, 0.05) is 33.3 Å². The molecule has 140 valence electrons. The normalized spacial score (nSPS) is 20.2. The van der Waals surface area contributed by atoms with Gasteiger partial charge in [-0.3, -0.25) is 9.79 Å². The fraction of sp³-hybridized carbons (Fsp3) is 0.889. The van der Waals surface area contributed by atoms with E-state index in [0.29, 0.717) is 19.1 Å². The molecule has 2 atom stereocenters. The lowest BCUT2D eigenvalue weighted by molar-refractivity contribution is -0.149. The van der Waals surface area contributed by atoms with Crippen molar-refractivity contribution in [3.8, 4) is 0 Å². The van der Waals surface area contributed by atoms with Crippen LogP contribution in [0.4, 0.5) is 0 Å². The molecule has 0 aliphatic carbocycles. The Morgan fingerprint density at radius 3 is 2.67 bits per heavy atom. The first-order chi connectivity index (χ1) is 11.5. The van der Waals surface area contributed by atoms with E-state index in [0.717, 1.165) is 44.9 Å². The maximum Gasteiger partial charge on any atom is 0.310 e. The van der Waals surface area contributed by atoms with Crippen molar-refractivity contribution in [2.75, 3.05) is 39.9 Å². The van der Waals surface area contributed by atoms with E-state index in [1.807, 2.05) is 13.8 Å². The number of ether oxygens (including phenoxy) is 2. The van der Waals surface area contributed by atoms with Crippen LogP contribution < -0.4 is 5.32 Å². The summed E-state index contributed by atoms with van der Waals surface area (Å²) in [7, 11) is 1.79. The summed E-state index contributed by atoms with van der Waals surface area (Å²) in [5, 5.41) is 3.42. The summed E-state index contributed by atoms with van der Waals surface area (Å²) in [5.41, 5.74) is 0. The Labute approximate surface area is 147 Å². The number of carbonyl (C=O) groups is 1. The zero-order chi connectivity index (χ0) is 17.9. The summed E-state index contributed by atoms with van der Waals surface area (Å²) in [4.78, 5) is 18.5. The van der Waals surface area contributed by atoms with E-state index >= 15 is 0 Å². The lowest BCUT2D eigenvalue weighted by Crippen LogP contribution is -2.48. The molecular weight excluding hydrogens is 306 g/mol. The Morgan fingerprint density at radius 2 is 2.08 bits per heavy atom. The van der Waals surface area contributed by atoms with Gasteiger partial charge < -0.3 is 19.7 Å². The number of nitrogens with zero attached hydrogens (tertiary/aromatic N) is 2. The van der Waals surface area contributed by atoms with Crippen LogP contribution in [0, 0.1) is 11.8 Å². The molecule has 0 bridgehead atoms. The summed E-state index contributed by atoms with van der Waals surface area (Å²) in [6.45, 7) is 11.9. The van der Waals surface area contributed by atoms with Gasteiger partial charge in [0.15, 0.2) is 5.96 Å². The second kappa shape index (κ2) is 11.3. The van der Waals surface area contributed by atoms with Gasteiger partial charge in [-0.05, 0) is 39.0 Å². The molecule has 1 heterocycles. The third-order valence-electron chi connectivity index (χ3n) is 4.39. The van der Waals surface area contributed by atoms with E-state index in [-0.39, 0.29) is 18.0 Å². The quantitative estimate of drug-likeness (QED) is 0.417. The number of guanidine groups is 1. The molecule has 0 amide bonds. The highest BCUT2D eigenvalue weighted by atomic mass is 16.5. The molecule has 24 heavy (non-hydrogen) atoms. The largest absolute Gasteiger partial charge is 0.466 e. The first-order valence-electron chi connectivity index (χ1n) is 9.27. The van der Waals surface area contributed by atoms with E-state index in [4.69, 9.17) is 9.47 Å². The van der Waals surface area contributed by atoms with Crippen molar-refractivity contribution in [1.82, 2.24) is 10.2 Å². The van der Waals surface area contributed by atoms with Crippen LogP contribution in [0.1, 0.15) is 47.0 Å². The molecule has 1 N–H and O–H groups in total. The smallest absolute Gasteiger partial charge is 0.310 e. The maximum atomic E-state index is 12.0. The minimum absolute atomic E-state index is 0.0518.